The maximum atomic E-state index is 12.3. The number of aromatic carboxylic acids is 1. The molecule has 0 aliphatic carbocycles. The first-order valence-corrected chi connectivity index (χ1v) is 8.91. The SMILES string of the molecule is O=C([As]c1ccc(Br)cc1C(=O)O)c1cc(Cl)nc(Cl)c1. The van der Waals surface area contributed by atoms with Gasteiger partial charge in [-0.25, -0.2) is 0 Å². The van der Waals surface area contributed by atoms with Gasteiger partial charge in [0.25, 0.3) is 0 Å². The standard InChI is InChI=1S/C13H6AsBrCl2NO3/c15-7-1-2-9(8(5-7)13(20)21)14-12(19)6-3-10(16)18-11(17)4-6/h1-5H,(H,20,21). The zero-order chi connectivity index (χ0) is 15.6. The van der Waals surface area contributed by atoms with Gasteiger partial charge in [-0.15, -0.1) is 0 Å². The van der Waals surface area contributed by atoms with E-state index in [-0.39, 0.29) is 20.4 Å². The molecule has 8 heteroatoms. The Hall–Kier alpha value is -0.872. The molecule has 0 saturated carbocycles. The van der Waals surface area contributed by atoms with Crippen LogP contribution in [0.5, 0.6) is 0 Å². The molecular formula is C13H6AsBrCl2NO3. The van der Waals surface area contributed by atoms with Crippen LogP contribution in [0.4, 0.5) is 0 Å². The van der Waals surface area contributed by atoms with E-state index < -0.39 is 21.7 Å². The van der Waals surface area contributed by atoms with E-state index in [4.69, 9.17) is 23.2 Å². The van der Waals surface area contributed by atoms with Crippen molar-refractivity contribution in [3.8, 4) is 0 Å². The van der Waals surface area contributed by atoms with Crippen LogP contribution >= 0.6 is 39.1 Å². The Morgan fingerprint density at radius 2 is 1.76 bits per heavy atom. The Kier molecular flexibility index (Phi) is 5.44. The van der Waals surface area contributed by atoms with Crippen molar-refractivity contribution in [3.63, 3.8) is 0 Å². The van der Waals surface area contributed by atoms with Crippen molar-refractivity contribution in [1.82, 2.24) is 4.98 Å². The van der Waals surface area contributed by atoms with Crippen molar-refractivity contribution in [2.24, 2.45) is 0 Å². The van der Waals surface area contributed by atoms with Gasteiger partial charge in [-0.05, 0) is 0 Å². The molecule has 0 fully saturated rings. The number of carboxylic acids is 1. The molecule has 0 aliphatic rings. The van der Waals surface area contributed by atoms with Crippen molar-refractivity contribution < 1.29 is 14.7 Å². The Labute approximate surface area is 145 Å². The topological polar surface area (TPSA) is 67.3 Å². The molecule has 1 heterocycles. The predicted molar refractivity (Wildman–Crippen MR) is 85.1 cm³/mol. The number of halogens is 3. The molecule has 4 nitrogen and oxygen atoms in total. The number of carbonyl (C=O) groups excluding carboxylic acids is 1. The maximum absolute atomic E-state index is 12.3. The Bertz CT molecular complexity index is 719. The molecule has 0 atom stereocenters. The molecule has 0 spiro atoms. The van der Waals surface area contributed by atoms with Gasteiger partial charge >= 0.3 is 146 Å². The van der Waals surface area contributed by atoms with Gasteiger partial charge in [0.15, 0.2) is 0 Å². The number of aromatic nitrogens is 1. The van der Waals surface area contributed by atoms with Crippen LogP contribution in [0.2, 0.25) is 10.3 Å². The third-order valence-corrected chi connectivity index (χ3v) is 5.59. The second kappa shape index (κ2) is 6.93. The molecule has 0 unspecified atom stereocenters. The molecule has 0 saturated heterocycles. The second-order valence-electron chi connectivity index (χ2n) is 3.88. The minimum absolute atomic E-state index is 0.115. The van der Waals surface area contributed by atoms with E-state index in [2.05, 4.69) is 20.9 Å². The number of hydrogen-bond donors (Lipinski definition) is 1. The Morgan fingerprint density at radius 3 is 2.33 bits per heavy atom. The summed E-state index contributed by atoms with van der Waals surface area (Å²) in [5, 5.41) is 9.44. The van der Waals surface area contributed by atoms with Gasteiger partial charge in [-0.1, -0.05) is 0 Å². The first kappa shape index (κ1) is 16.5. The first-order chi connectivity index (χ1) is 9.86. The average molecular weight is 450 g/mol. The summed E-state index contributed by atoms with van der Waals surface area (Å²) in [5.41, 5.74) is 0.447. The van der Waals surface area contributed by atoms with E-state index in [1.54, 1.807) is 12.1 Å². The molecule has 107 valence electrons. The monoisotopic (exact) mass is 448 g/mol. The van der Waals surface area contributed by atoms with Gasteiger partial charge in [0.2, 0.25) is 0 Å². The number of hydrogen-bond acceptors (Lipinski definition) is 3. The molecular weight excluding hydrogens is 444 g/mol. The average Bonchev–Trinajstić information content (AvgIpc) is 2.39. The molecule has 1 aromatic carbocycles. The fraction of sp³-hybridized carbons (Fsp3) is 0. The zero-order valence-electron chi connectivity index (χ0n) is 10.2. The fourth-order valence-electron chi connectivity index (χ4n) is 1.54. The summed E-state index contributed by atoms with van der Waals surface area (Å²) in [6, 6.07) is 7.66. The fourth-order valence-corrected chi connectivity index (χ4v) is 4.26. The van der Waals surface area contributed by atoms with Crippen LogP contribution in [-0.4, -0.2) is 36.4 Å². The van der Waals surface area contributed by atoms with Crippen LogP contribution < -0.4 is 4.35 Å². The molecule has 0 bridgehead atoms. The van der Waals surface area contributed by atoms with Crippen molar-refractivity contribution in [1.29, 1.82) is 0 Å². The molecule has 1 N–H and O–H groups in total. The van der Waals surface area contributed by atoms with Gasteiger partial charge < -0.3 is 0 Å². The molecule has 21 heavy (non-hydrogen) atoms. The number of carboxylic acid groups (broad SMARTS) is 1. The van der Waals surface area contributed by atoms with Gasteiger partial charge in [-0.3, -0.25) is 0 Å². The van der Waals surface area contributed by atoms with Crippen LogP contribution in [0.25, 0.3) is 0 Å². The summed E-state index contributed by atoms with van der Waals surface area (Å²) >= 11 is 13.7. The van der Waals surface area contributed by atoms with E-state index in [0.29, 0.717) is 14.4 Å². The third-order valence-electron chi connectivity index (χ3n) is 2.42. The van der Waals surface area contributed by atoms with Crippen LogP contribution in [0.1, 0.15) is 20.7 Å². The Balaban J connectivity index is 2.33. The summed E-state index contributed by atoms with van der Waals surface area (Å²) in [4.78, 5) is 27.3. The molecule has 1 aromatic heterocycles. The van der Waals surface area contributed by atoms with Crippen LogP contribution in [0, 0.1) is 0 Å². The second-order valence-corrected chi connectivity index (χ2v) is 7.91. The number of carbonyl (C=O) groups is 2. The molecule has 0 amide bonds. The van der Waals surface area contributed by atoms with E-state index in [9.17, 15) is 14.7 Å². The van der Waals surface area contributed by atoms with Crippen molar-refractivity contribution >= 4 is 69.8 Å². The van der Waals surface area contributed by atoms with Crippen LogP contribution in [-0.2, 0) is 0 Å². The molecule has 2 aromatic rings. The summed E-state index contributed by atoms with van der Waals surface area (Å²) < 4.78 is 0.963. The van der Waals surface area contributed by atoms with Gasteiger partial charge in [-0.2, -0.15) is 0 Å². The summed E-state index contributed by atoms with van der Waals surface area (Å²) in [5.74, 6) is -1.07. The molecule has 2 rings (SSSR count). The summed E-state index contributed by atoms with van der Waals surface area (Å²) in [6.07, 6.45) is 0. The molecule has 1 radical (unpaired) electrons. The summed E-state index contributed by atoms with van der Waals surface area (Å²) in [6.45, 7) is 0. The van der Waals surface area contributed by atoms with E-state index >= 15 is 0 Å². The number of nitrogens with zero attached hydrogens (tertiary/aromatic N) is 1. The van der Waals surface area contributed by atoms with Crippen molar-refractivity contribution in [3.05, 3.63) is 56.2 Å². The number of benzene rings is 1. The third kappa shape index (κ3) is 4.30. The van der Waals surface area contributed by atoms with Gasteiger partial charge in [0.05, 0.1) is 0 Å². The number of pyridine rings is 1. The van der Waals surface area contributed by atoms with E-state index in [0.717, 1.165) is 0 Å². The first-order valence-electron chi connectivity index (χ1n) is 5.49. The van der Waals surface area contributed by atoms with Gasteiger partial charge in [0.1, 0.15) is 0 Å². The van der Waals surface area contributed by atoms with E-state index in [1.165, 1.54) is 18.2 Å². The van der Waals surface area contributed by atoms with Crippen molar-refractivity contribution in [2.75, 3.05) is 0 Å². The normalized spacial score (nSPS) is 11.0. The van der Waals surface area contributed by atoms with Gasteiger partial charge in [0, 0.05) is 0 Å². The summed E-state index contributed by atoms with van der Waals surface area (Å²) in [7, 11) is 0. The van der Waals surface area contributed by atoms with Crippen molar-refractivity contribution in [2.45, 2.75) is 0 Å². The number of rotatable bonds is 4. The van der Waals surface area contributed by atoms with Crippen LogP contribution in [0.3, 0.4) is 0 Å². The quantitative estimate of drug-likeness (QED) is 0.575. The Morgan fingerprint density at radius 1 is 1.14 bits per heavy atom. The van der Waals surface area contributed by atoms with Crippen LogP contribution in [0.15, 0.2) is 34.8 Å². The predicted octanol–water partition coefficient (Wildman–Crippen LogP) is 3.02. The van der Waals surface area contributed by atoms with E-state index in [1.807, 2.05) is 0 Å². The minimum atomic E-state index is -1.07. The zero-order valence-corrected chi connectivity index (χ0v) is 15.2. The molecule has 0 aliphatic heterocycles.